The minimum atomic E-state index is 0.310. The molecule has 1 heterocycles. The molecule has 0 radical (unpaired) electrons. The van der Waals surface area contributed by atoms with Gasteiger partial charge in [0, 0.05) is 12.5 Å². The van der Waals surface area contributed by atoms with Crippen LogP contribution < -0.4 is 5.32 Å². The van der Waals surface area contributed by atoms with Gasteiger partial charge in [-0.25, -0.2) is 0 Å². The molecule has 1 amide bonds. The minimum Gasteiger partial charge on any atom is -0.356 e. The Hall–Kier alpha value is -0.530. The van der Waals surface area contributed by atoms with E-state index < -0.39 is 0 Å². The molecule has 56 valence electrons. The van der Waals surface area contributed by atoms with E-state index in [0.717, 1.165) is 13.0 Å². The zero-order valence-corrected chi connectivity index (χ0v) is 6.10. The molecule has 1 saturated heterocycles. The van der Waals surface area contributed by atoms with E-state index in [-0.39, 0.29) is 0 Å². The van der Waals surface area contributed by atoms with E-state index in [1.54, 1.807) is 0 Å². The summed E-state index contributed by atoms with van der Waals surface area (Å²) in [6.07, 6.45) is 4.99. The SMILES string of the molecule is O=C1NC[C@H]2CCCCC12. The number of carbonyl (C=O) groups is 1. The van der Waals surface area contributed by atoms with E-state index in [0.29, 0.717) is 17.7 Å². The highest BCUT2D eigenvalue weighted by Crippen LogP contribution is 2.32. The van der Waals surface area contributed by atoms with Gasteiger partial charge in [0.25, 0.3) is 0 Å². The predicted molar refractivity (Wildman–Crippen MR) is 38.5 cm³/mol. The van der Waals surface area contributed by atoms with Gasteiger partial charge in [0.1, 0.15) is 0 Å². The van der Waals surface area contributed by atoms with Crippen LogP contribution in [-0.2, 0) is 4.79 Å². The van der Waals surface area contributed by atoms with Crippen molar-refractivity contribution in [2.75, 3.05) is 6.54 Å². The van der Waals surface area contributed by atoms with Crippen molar-refractivity contribution >= 4 is 5.91 Å². The van der Waals surface area contributed by atoms with Gasteiger partial charge in [-0.15, -0.1) is 0 Å². The normalized spacial score (nSPS) is 39.0. The van der Waals surface area contributed by atoms with Crippen LogP contribution in [0.2, 0.25) is 0 Å². The van der Waals surface area contributed by atoms with Gasteiger partial charge in [0.2, 0.25) is 5.91 Å². The summed E-state index contributed by atoms with van der Waals surface area (Å²) in [7, 11) is 0. The van der Waals surface area contributed by atoms with Crippen LogP contribution in [0.5, 0.6) is 0 Å². The molecule has 2 fully saturated rings. The second-order valence-corrected chi connectivity index (χ2v) is 3.40. The zero-order chi connectivity index (χ0) is 6.97. The first-order chi connectivity index (χ1) is 4.88. The average Bonchev–Trinajstić information content (AvgIpc) is 2.34. The van der Waals surface area contributed by atoms with Crippen molar-refractivity contribution in [1.29, 1.82) is 0 Å². The standard InChI is InChI=1S/C8H13NO/c10-8-7-4-2-1-3-6(7)5-9-8/h6-7H,1-5H2,(H,9,10)/t6-,7?/m1/s1. The molecule has 2 aliphatic rings. The molecule has 1 aliphatic heterocycles. The topological polar surface area (TPSA) is 29.1 Å². The predicted octanol–water partition coefficient (Wildman–Crippen LogP) is 0.923. The first kappa shape index (κ1) is 6.20. The zero-order valence-electron chi connectivity index (χ0n) is 6.10. The number of nitrogens with one attached hydrogen (secondary N) is 1. The first-order valence-corrected chi connectivity index (χ1v) is 4.15. The molecule has 10 heavy (non-hydrogen) atoms. The highest BCUT2D eigenvalue weighted by atomic mass is 16.2. The maximum atomic E-state index is 11.1. The highest BCUT2D eigenvalue weighted by Gasteiger charge is 2.35. The van der Waals surface area contributed by atoms with Crippen molar-refractivity contribution in [2.24, 2.45) is 11.8 Å². The summed E-state index contributed by atoms with van der Waals surface area (Å²) in [6.45, 7) is 0.948. The maximum Gasteiger partial charge on any atom is 0.223 e. The Morgan fingerprint density at radius 1 is 1.30 bits per heavy atom. The van der Waals surface area contributed by atoms with E-state index in [1.807, 2.05) is 0 Å². The molecule has 1 unspecified atom stereocenters. The highest BCUT2D eigenvalue weighted by molar-refractivity contribution is 5.81. The third-order valence-electron chi connectivity index (χ3n) is 2.78. The van der Waals surface area contributed by atoms with Gasteiger partial charge < -0.3 is 5.32 Å². The molecule has 1 saturated carbocycles. The van der Waals surface area contributed by atoms with Crippen LogP contribution in [0.25, 0.3) is 0 Å². The summed E-state index contributed by atoms with van der Waals surface area (Å²) in [6, 6.07) is 0. The van der Waals surface area contributed by atoms with E-state index in [4.69, 9.17) is 0 Å². The minimum absolute atomic E-state index is 0.310. The lowest BCUT2D eigenvalue weighted by Crippen LogP contribution is -2.21. The molecule has 0 bridgehead atoms. The fourth-order valence-corrected chi connectivity index (χ4v) is 2.16. The second-order valence-electron chi connectivity index (χ2n) is 3.40. The molecule has 0 aromatic heterocycles. The fraction of sp³-hybridized carbons (Fsp3) is 0.875. The Morgan fingerprint density at radius 2 is 2.10 bits per heavy atom. The van der Waals surface area contributed by atoms with Gasteiger partial charge in [0.15, 0.2) is 0 Å². The Labute approximate surface area is 61.0 Å². The van der Waals surface area contributed by atoms with E-state index >= 15 is 0 Å². The monoisotopic (exact) mass is 139 g/mol. The van der Waals surface area contributed by atoms with Crippen molar-refractivity contribution < 1.29 is 4.79 Å². The van der Waals surface area contributed by atoms with Crippen LogP contribution in [0.4, 0.5) is 0 Å². The second kappa shape index (κ2) is 2.26. The summed E-state index contributed by atoms with van der Waals surface area (Å²) in [5.74, 6) is 1.37. The third-order valence-corrected chi connectivity index (χ3v) is 2.78. The fourth-order valence-electron chi connectivity index (χ4n) is 2.16. The Morgan fingerprint density at radius 3 is 2.90 bits per heavy atom. The lowest BCUT2D eigenvalue weighted by molar-refractivity contribution is -0.123. The van der Waals surface area contributed by atoms with Gasteiger partial charge in [0.05, 0.1) is 0 Å². The van der Waals surface area contributed by atoms with Gasteiger partial charge in [-0.1, -0.05) is 12.8 Å². The summed E-state index contributed by atoms with van der Waals surface area (Å²) >= 11 is 0. The number of hydrogen-bond acceptors (Lipinski definition) is 1. The quantitative estimate of drug-likeness (QED) is 0.531. The van der Waals surface area contributed by atoms with Gasteiger partial charge >= 0.3 is 0 Å². The number of hydrogen-bond donors (Lipinski definition) is 1. The van der Waals surface area contributed by atoms with Crippen LogP contribution in [0.3, 0.4) is 0 Å². The summed E-state index contributed by atoms with van der Waals surface area (Å²) in [5, 5.41) is 2.92. The van der Waals surface area contributed by atoms with Crippen molar-refractivity contribution in [2.45, 2.75) is 25.7 Å². The molecule has 1 N–H and O–H groups in total. The number of carbonyl (C=O) groups excluding carboxylic acids is 1. The van der Waals surface area contributed by atoms with Gasteiger partial charge in [-0.3, -0.25) is 4.79 Å². The van der Waals surface area contributed by atoms with E-state index in [2.05, 4.69) is 5.32 Å². The molecule has 1 aliphatic carbocycles. The Bertz CT molecular complexity index is 155. The molecule has 0 aromatic carbocycles. The van der Waals surface area contributed by atoms with Crippen LogP contribution in [0.1, 0.15) is 25.7 Å². The number of amides is 1. The lowest BCUT2D eigenvalue weighted by atomic mass is 9.81. The maximum absolute atomic E-state index is 11.1. The number of fused-ring (bicyclic) bond motifs is 1. The molecular weight excluding hydrogens is 126 g/mol. The van der Waals surface area contributed by atoms with Gasteiger partial charge in [-0.05, 0) is 18.8 Å². The van der Waals surface area contributed by atoms with Crippen molar-refractivity contribution in [1.82, 2.24) is 5.32 Å². The Kier molecular flexibility index (Phi) is 1.40. The lowest BCUT2D eigenvalue weighted by Gasteiger charge is -2.21. The van der Waals surface area contributed by atoms with Crippen LogP contribution >= 0.6 is 0 Å². The molecule has 2 heteroatoms. The molecule has 0 spiro atoms. The molecule has 2 atom stereocenters. The van der Waals surface area contributed by atoms with Crippen molar-refractivity contribution in [3.63, 3.8) is 0 Å². The number of rotatable bonds is 0. The molecule has 2 nitrogen and oxygen atoms in total. The summed E-state index contributed by atoms with van der Waals surface area (Å²) < 4.78 is 0. The Balaban J connectivity index is 2.08. The van der Waals surface area contributed by atoms with E-state index in [9.17, 15) is 4.79 Å². The van der Waals surface area contributed by atoms with Crippen LogP contribution in [0, 0.1) is 11.8 Å². The third kappa shape index (κ3) is 0.825. The molecule has 2 rings (SSSR count). The van der Waals surface area contributed by atoms with Gasteiger partial charge in [-0.2, -0.15) is 0 Å². The average molecular weight is 139 g/mol. The van der Waals surface area contributed by atoms with Crippen molar-refractivity contribution in [3.8, 4) is 0 Å². The summed E-state index contributed by atoms with van der Waals surface area (Å²) in [5.41, 5.74) is 0. The molecule has 0 aromatic rings. The van der Waals surface area contributed by atoms with Crippen molar-refractivity contribution in [3.05, 3.63) is 0 Å². The van der Waals surface area contributed by atoms with Crippen LogP contribution in [-0.4, -0.2) is 12.5 Å². The van der Waals surface area contributed by atoms with E-state index in [1.165, 1.54) is 19.3 Å². The van der Waals surface area contributed by atoms with Crippen LogP contribution in [0.15, 0.2) is 0 Å². The summed E-state index contributed by atoms with van der Waals surface area (Å²) in [4.78, 5) is 11.1. The smallest absolute Gasteiger partial charge is 0.223 e. The largest absolute Gasteiger partial charge is 0.356 e. The first-order valence-electron chi connectivity index (χ1n) is 4.15. The molecular formula is C8H13NO.